The van der Waals surface area contributed by atoms with E-state index in [4.69, 9.17) is 9.47 Å². The van der Waals surface area contributed by atoms with E-state index < -0.39 is 5.97 Å². The molecule has 0 unspecified atom stereocenters. The van der Waals surface area contributed by atoms with Gasteiger partial charge in [-0.25, -0.2) is 4.79 Å². The standard InChI is InChI=1S/C17H22BrNO4/c1-11-5-4-6-12(2)19(11)16(20)10-23-17(21)13-7-8-15(22-3)14(18)9-13/h7-9,11-12H,4-6,10H2,1-3H3/t11-,12+. The Kier molecular flexibility index (Phi) is 6.04. The summed E-state index contributed by atoms with van der Waals surface area (Å²) in [6.07, 6.45) is 3.12. The molecule has 1 amide bonds. The molecule has 1 aromatic rings. The van der Waals surface area contributed by atoms with Crippen molar-refractivity contribution in [3.8, 4) is 5.75 Å². The number of likely N-dealkylation sites (tertiary alicyclic amines) is 1. The van der Waals surface area contributed by atoms with Crippen molar-refractivity contribution in [2.45, 2.75) is 45.2 Å². The van der Waals surface area contributed by atoms with Crippen LogP contribution in [0.3, 0.4) is 0 Å². The number of hydrogen-bond donors (Lipinski definition) is 0. The van der Waals surface area contributed by atoms with Crippen LogP contribution in [0.1, 0.15) is 43.5 Å². The number of esters is 1. The lowest BCUT2D eigenvalue weighted by molar-refractivity contribution is -0.140. The second-order valence-corrected chi connectivity index (χ2v) is 6.71. The van der Waals surface area contributed by atoms with Crippen LogP contribution in [0, 0.1) is 0 Å². The van der Waals surface area contributed by atoms with Gasteiger partial charge in [0.2, 0.25) is 0 Å². The van der Waals surface area contributed by atoms with Crippen LogP contribution >= 0.6 is 15.9 Å². The molecule has 0 saturated carbocycles. The molecule has 0 bridgehead atoms. The summed E-state index contributed by atoms with van der Waals surface area (Å²) in [5.41, 5.74) is 0.380. The Balaban J connectivity index is 1.95. The van der Waals surface area contributed by atoms with Crippen LogP contribution in [-0.2, 0) is 9.53 Å². The average molecular weight is 384 g/mol. The first kappa shape index (κ1) is 17.8. The summed E-state index contributed by atoms with van der Waals surface area (Å²) in [5, 5.41) is 0. The van der Waals surface area contributed by atoms with Gasteiger partial charge < -0.3 is 14.4 Å². The van der Waals surface area contributed by atoms with Gasteiger partial charge in [0.15, 0.2) is 6.61 Å². The zero-order valence-electron chi connectivity index (χ0n) is 13.7. The highest BCUT2D eigenvalue weighted by atomic mass is 79.9. The maximum Gasteiger partial charge on any atom is 0.338 e. The summed E-state index contributed by atoms with van der Waals surface area (Å²) in [6.45, 7) is 3.85. The van der Waals surface area contributed by atoms with Crippen molar-refractivity contribution >= 4 is 27.8 Å². The lowest BCUT2D eigenvalue weighted by Crippen LogP contribution is -2.49. The molecular weight excluding hydrogens is 362 g/mol. The Morgan fingerprint density at radius 3 is 2.48 bits per heavy atom. The minimum absolute atomic E-state index is 0.134. The summed E-state index contributed by atoms with van der Waals surface area (Å²) < 4.78 is 11.0. The lowest BCUT2D eigenvalue weighted by Gasteiger charge is -2.38. The predicted molar refractivity (Wildman–Crippen MR) is 90.6 cm³/mol. The van der Waals surface area contributed by atoms with Crippen LogP contribution in [-0.4, -0.2) is 42.6 Å². The van der Waals surface area contributed by atoms with Crippen LogP contribution in [0.15, 0.2) is 22.7 Å². The Morgan fingerprint density at radius 2 is 1.91 bits per heavy atom. The molecule has 0 N–H and O–H groups in total. The van der Waals surface area contributed by atoms with Gasteiger partial charge in [0.1, 0.15) is 5.75 Å². The maximum absolute atomic E-state index is 12.3. The molecule has 0 aromatic heterocycles. The third-order valence-corrected chi connectivity index (χ3v) is 4.82. The van der Waals surface area contributed by atoms with E-state index in [1.165, 1.54) is 0 Å². The van der Waals surface area contributed by atoms with Crippen molar-refractivity contribution in [1.29, 1.82) is 0 Å². The molecule has 1 heterocycles. The van der Waals surface area contributed by atoms with Gasteiger partial charge in [-0.2, -0.15) is 0 Å². The minimum Gasteiger partial charge on any atom is -0.496 e. The molecule has 2 atom stereocenters. The predicted octanol–water partition coefficient (Wildman–Crippen LogP) is 3.40. The minimum atomic E-state index is -0.515. The second-order valence-electron chi connectivity index (χ2n) is 5.86. The van der Waals surface area contributed by atoms with E-state index in [1.807, 2.05) is 18.7 Å². The summed E-state index contributed by atoms with van der Waals surface area (Å²) in [7, 11) is 1.55. The zero-order chi connectivity index (χ0) is 17.0. The number of ether oxygens (including phenoxy) is 2. The molecule has 1 fully saturated rings. The fraction of sp³-hybridized carbons (Fsp3) is 0.529. The van der Waals surface area contributed by atoms with Crippen molar-refractivity contribution in [2.75, 3.05) is 13.7 Å². The number of piperidine rings is 1. The SMILES string of the molecule is COc1ccc(C(=O)OCC(=O)N2[C@H](C)CCC[C@@H]2C)cc1Br. The number of rotatable bonds is 4. The largest absolute Gasteiger partial charge is 0.496 e. The summed E-state index contributed by atoms with van der Waals surface area (Å²) in [4.78, 5) is 26.3. The molecule has 6 heteroatoms. The topological polar surface area (TPSA) is 55.8 Å². The van der Waals surface area contributed by atoms with Crippen molar-refractivity contribution in [1.82, 2.24) is 4.90 Å². The molecule has 5 nitrogen and oxygen atoms in total. The van der Waals surface area contributed by atoms with E-state index in [-0.39, 0.29) is 24.6 Å². The second kappa shape index (κ2) is 7.81. The summed E-state index contributed by atoms with van der Waals surface area (Å²) >= 11 is 3.33. The number of methoxy groups -OCH3 is 1. The molecule has 2 rings (SSSR count). The van der Waals surface area contributed by atoms with Crippen molar-refractivity contribution < 1.29 is 19.1 Å². The van der Waals surface area contributed by atoms with Crippen molar-refractivity contribution in [3.63, 3.8) is 0 Å². The molecule has 1 aromatic carbocycles. The Hall–Kier alpha value is -1.56. The van der Waals surface area contributed by atoms with Gasteiger partial charge in [0.25, 0.3) is 5.91 Å². The van der Waals surface area contributed by atoms with Gasteiger partial charge in [-0.15, -0.1) is 0 Å². The van der Waals surface area contributed by atoms with Crippen LogP contribution in [0.4, 0.5) is 0 Å². The van der Waals surface area contributed by atoms with Crippen molar-refractivity contribution in [2.24, 2.45) is 0 Å². The van der Waals surface area contributed by atoms with Gasteiger partial charge in [-0.3, -0.25) is 4.79 Å². The number of hydrogen-bond acceptors (Lipinski definition) is 4. The summed E-state index contributed by atoms with van der Waals surface area (Å²) in [5.74, 6) is -0.0155. The number of carbonyl (C=O) groups is 2. The monoisotopic (exact) mass is 383 g/mol. The highest BCUT2D eigenvalue weighted by Crippen LogP contribution is 2.26. The normalized spacial score (nSPS) is 21.0. The first-order chi connectivity index (χ1) is 10.9. The Bertz CT molecular complexity index is 580. The number of amides is 1. The fourth-order valence-corrected chi connectivity index (χ4v) is 3.53. The van der Waals surface area contributed by atoms with E-state index in [0.717, 1.165) is 19.3 Å². The van der Waals surface area contributed by atoms with Gasteiger partial charge in [-0.05, 0) is 67.2 Å². The van der Waals surface area contributed by atoms with E-state index in [1.54, 1.807) is 25.3 Å². The Labute approximate surface area is 145 Å². The zero-order valence-corrected chi connectivity index (χ0v) is 15.3. The fourth-order valence-electron chi connectivity index (χ4n) is 2.99. The summed E-state index contributed by atoms with van der Waals surface area (Å²) in [6, 6.07) is 5.30. The molecular formula is C17H22BrNO4. The van der Waals surface area contributed by atoms with Crippen LogP contribution < -0.4 is 4.74 Å². The molecule has 1 aliphatic heterocycles. The van der Waals surface area contributed by atoms with E-state index in [0.29, 0.717) is 15.8 Å². The highest BCUT2D eigenvalue weighted by molar-refractivity contribution is 9.10. The molecule has 1 aliphatic rings. The maximum atomic E-state index is 12.3. The molecule has 23 heavy (non-hydrogen) atoms. The molecule has 0 spiro atoms. The Morgan fingerprint density at radius 1 is 1.26 bits per heavy atom. The first-order valence-corrected chi connectivity index (χ1v) is 8.55. The van der Waals surface area contributed by atoms with E-state index in [9.17, 15) is 9.59 Å². The van der Waals surface area contributed by atoms with Crippen LogP contribution in [0.2, 0.25) is 0 Å². The highest BCUT2D eigenvalue weighted by Gasteiger charge is 2.29. The van der Waals surface area contributed by atoms with Gasteiger partial charge in [0, 0.05) is 12.1 Å². The van der Waals surface area contributed by atoms with Gasteiger partial charge >= 0.3 is 5.97 Å². The third kappa shape index (κ3) is 4.25. The smallest absolute Gasteiger partial charge is 0.338 e. The quantitative estimate of drug-likeness (QED) is 0.747. The molecule has 0 radical (unpaired) electrons. The third-order valence-electron chi connectivity index (χ3n) is 4.20. The molecule has 0 aliphatic carbocycles. The molecule has 126 valence electrons. The van der Waals surface area contributed by atoms with Crippen molar-refractivity contribution in [3.05, 3.63) is 28.2 Å². The van der Waals surface area contributed by atoms with Crippen LogP contribution in [0.25, 0.3) is 0 Å². The van der Waals surface area contributed by atoms with Crippen LogP contribution in [0.5, 0.6) is 5.75 Å². The van der Waals surface area contributed by atoms with Gasteiger partial charge in [-0.1, -0.05) is 0 Å². The first-order valence-electron chi connectivity index (χ1n) is 7.76. The number of carbonyl (C=O) groups excluding carboxylic acids is 2. The molecule has 1 saturated heterocycles. The lowest BCUT2D eigenvalue weighted by atomic mass is 9.97. The number of nitrogens with zero attached hydrogens (tertiary/aromatic N) is 1. The average Bonchev–Trinajstić information content (AvgIpc) is 2.52. The van der Waals surface area contributed by atoms with E-state index in [2.05, 4.69) is 15.9 Å². The number of halogens is 1. The van der Waals surface area contributed by atoms with Gasteiger partial charge in [0.05, 0.1) is 17.1 Å². The van der Waals surface area contributed by atoms with E-state index >= 15 is 0 Å². The number of benzene rings is 1.